The van der Waals surface area contributed by atoms with Crippen molar-refractivity contribution in [2.24, 2.45) is 5.92 Å². The number of carbonyl (C=O) groups excluding carboxylic acids is 1. The van der Waals surface area contributed by atoms with Crippen molar-refractivity contribution in [2.75, 3.05) is 6.54 Å². The maximum absolute atomic E-state index is 12.0. The monoisotopic (exact) mass is 237 g/mol. The first-order chi connectivity index (χ1) is 8.09. The lowest BCUT2D eigenvalue weighted by Crippen LogP contribution is -2.47. The zero-order chi connectivity index (χ0) is 12.4. The number of carbonyl (C=O) groups is 2. The Morgan fingerprint density at radius 1 is 1.24 bits per heavy atom. The van der Waals surface area contributed by atoms with E-state index in [4.69, 9.17) is 5.11 Å². The van der Waals surface area contributed by atoms with Crippen LogP contribution in [0.4, 0.5) is 0 Å². The van der Waals surface area contributed by atoms with E-state index in [0.717, 1.165) is 31.3 Å². The number of hydrogen-bond donors (Lipinski definition) is 1. The third-order valence-electron chi connectivity index (χ3n) is 3.64. The molecule has 94 valence electrons. The molecule has 2 fully saturated rings. The van der Waals surface area contributed by atoms with Gasteiger partial charge in [-0.3, -0.25) is 4.79 Å². The lowest BCUT2D eigenvalue weighted by molar-refractivity contribution is -0.150. The number of rotatable bonds is 3. The molecule has 1 N–H and O–H groups in total. The van der Waals surface area contributed by atoms with Gasteiger partial charge in [0.2, 0.25) is 5.91 Å². The van der Waals surface area contributed by atoms with Gasteiger partial charge in [0, 0.05) is 12.6 Å². The summed E-state index contributed by atoms with van der Waals surface area (Å²) in [7, 11) is 0. The Morgan fingerprint density at radius 3 is 2.53 bits per heavy atom. The standard InChI is InChI=1S/C13H19NO3/c1-9(10-5-6-10)8-12(15)14-7-3-2-4-11(14)13(16)17/h8,10-11H,2-7H2,1H3,(H,16,17)/b9-8-/t11-/m0/s1. The summed E-state index contributed by atoms with van der Waals surface area (Å²) < 4.78 is 0. The molecule has 0 aromatic carbocycles. The van der Waals surface area contributed by atoms with Crippen LogP contribution in [0.5, 0.6) is 0 Å². The van der Waals surface area contributed by atoms with E-state index in [9.17, 15) is 9.59 Å². The van der Waals surface area contributed by atoms with Gasteiger partial charge >= 0.3 is 5.97 Å². The Labute approximate surface area is 101 Å². The lowest BCUT2D eigenvalue weighted by atomic mass is 10.0. The number of aliphatic carboxylic acids is 1. The molecule has 1 aliphatic heterocycles. The van der Waals surface area contributed by atoms with Gasteiger partial charge in [-0.2, -0.15) is 0 Å². The van der Waals surface area contributed by atoms with Crippen LogP contribution in [0.2, 0.25) is 0 Å². The fourth-order valence-corrected chi connectivity index (χ4v) is 2.39. The van der Waals surface area contributed by atoms with E-state index in [1.807, 2.05) is 6.92 Å². The van der Waals surface area contributed by atoms with Gasteiger partial charge in [0.1, 0.15) is 6.04 Å². The van der Waals surface area contributed by atoms with Crippen LogP contribution in [-0.4, -0.2) is 34.5 Å². The second-order valence-electron chi connectivity index (χ2n) is 5.04. The van der Waals surface area contributed by atoms with Crippen LogP contribution in [0.15, 0.2) is 11.6 Å². The van der Waals surface area contributed by atoms with Gasteiger partial charge in [-0.15, -0.1) is 0 Å². The maximum Gasteiger partial charge on any atom is 0.326 e. The van der Waals surface area contributed by atoms with Crippen molar-refractivity contribution in [3.8, 4) is 0 Å². The zero-order valence-electron chi connectivity index (χ0n) is 10.2. The van der Waals surface area contributed by atoms with Gasteiger partial charge in [-0.1, -0.05) is 5.57 Å². The first-order valence-electron chi connectivity index (χ1n) is 6.31. The van der Waals surface area contributed by atoms with Crippen molar-refractivity contribution in [1.82, 2.24) is 4.90 Å². The first kappa shape index (κ1) is 12.1. The normalized spacial score (nSPS) is 25.8. The minimum Gasteiger partial charge on any atom is -0.480 e. The first-order valence-corrected chi connectivity index (χ1v) is 6.31. The molecule has 1 saturated heterocycles. The Balaban J connectivity index is 2.05. The Morgan fingerprint density at radius 2 is 1.94 bits per heavy atom. The van der Waals surface area contributed by atoms with Crippen molar-refractivity contribution in [3.05, 3.63) is 11.6 Å². The Bertz CT molecular complexity index is 358. The zero-order valence-corrected chi connectivity index (χ0v) is 10.2. The maximum atomic E-state index is 12.0. The van der Waals surface area contributed by atoms with E-state index >= 15 is 0 Å². The molecule has 0 unspecified atom stereocenters. The summed E-state index contributed by atoms with van der Waals surface area (Å²) in [6, 6.07) is -0.625. The number of nitrogens with zero attached hydrogens (tertiary/aromatic N) is 1. The molecule has 1 amide bonds. The van der Waals surface area contributed by atoms with Crippen molar-refractivity contribution in [1.29, 1.82) is 0 Å². The summed E-state index contributed by atoms with van der Waals surface area (Å²) in [6.45, 7) is 2.54. The van der Waals surface area contributed by atoms with Gasteiger partial charge in [-0.05, 0) is 44.9 Å². The molecule has 0 aromatic heterocycles. The summed E-state index contributed by atoms with van der Waals surface area (Å²) in [5, 5.41) is 9.10. The summed E-state index contributed by atoms with van der Waals surface area (Å²) in [5.41, 5.74) is 1.10. The topological polar surface area (TPSA) is 57.6 Å². The van der Waals surface area contributed by atoms with Crippen LogP contribution >= 0.6 is 0 Å². The molecular formula is C13H19NO3. The molecular weight excluding hydrogens is 218 g/mol. The van der Waals surface area contributed by atoms with Crippen LogP contribution in [0.3, 0.4) is 0 Å². The van der Waals surface area contributed by atoms with Crippen molar-refractivity contribution >= 4 is 11.9 Å². The van der Waals surface area contributed by atoms with Gasteiger partial charge in [-0.25, -0.2) is 4.79 Å². The minimum atomic E-state index is -0.879. The molecule has 17 heavy (non-hydrogen) atoms. The summed E-state index contributed by atoms with van der Waals surface area (Å²) in [6.07, 6.45) is 6.35. The van der Waals surface area contributed by atoms with Crippen LogP contribution in [0, 0.1) is 5.92 Å². The quantitative estimate of drug-likeness (QED) is 0.761. The molecule has 2 aliphatic rings. The van der Waals surface area contributed by atoms with Gasteiger partial charge in [0.05, 0.1) is 0 Å². The van der Waals surface area contributed by atoms with E-state index in [1.165, 1.54) is 4.90 Å². The number of likely N-dealkylation sites (tertiary alicyclic amines) is 1. The summed E-state index contributed by atoms with van der Waals surface area (Å²) in [5.74, 6) is -0.441. The molecule has 0 bridgehead atoms. The number of carboxylic acid groups (broad SMARTS) is 1. The number of carboxylic acids is 1. The number of piperidine rings is 1. The van der Waals surface area contributed by atoms with Crippen LogP contribution < -0.4 is 0 Å². The van der Waals surface area contributed by atoms with Crippen molar-refractivity contribution < 1.29 is 14.7 Å². The summed E-state index contributed by atoms with van der Waals surface area (Å²) >= 11 is 0. The highest BCUT2D eigenvalue weighted by Crippen LogP contribution is 2.36. The number of allylic oxidation sites excluding steroid dienone is 1. The van der Waals surface area contributed by atoms with E-state index in [0.29, 0.717) is 18.9 Å². The minimum absolute atomic E-state index is 0.124. The molecule has 1 aliphatic carbocycles. The summed E-state index contributed by atoms with van der Waals surface area (Å²) in [4.78, 5) is 24.6. The third-order valence-corrected chi connectivity index (χ3v) is 3.64. The van der Waals surface area contributed by atoms with E-state index in [1.54, 1.807) is 6.08 Å². The average molecular weight is 237 g/mol. The SMILES string of the molecule is C/C(=C/C(=O)N1CCCC[C@H]1C(=O)O)C1CC1. The smallest absolute Gasteiger partial charge is 0.326 e. The van der Waals surface area contributed by atoms with Gasteiger partial charge < -0.3 is 10.0 Å². The molecule has 0 spiro atoms. The van der Waals surface area contributed by atoms with Crippen LogP contribution in [-0.2, 0) is 9.59 Å². The fourth-order valence-electron chi connectivity index (χ4n) is 2.39. The highest BCUT2D eigenvalue weighted by molar-refractivity contribution is 5.92. The Kier molecular flexibility index (Phi) is 3.50. The highest BCUT2D eigenvalue weighted by atomic mass is 16.4. The van der Waals surface area contributed by atoms with Gasteiger partial charge in [0.15, 0.2) is 0 Å². The largest absolute Gasteiger partial charge is 0.480 e. The molecule has 0 radical (unpaired) electrons. The number of hydrogen-bond acceptors (Lipinski definition) is 2. The van der Waals surface area contributed by atoms with Crippen LogP contribution in [0.25, 0.3) is 0 Å². The van der Waals surface area contributed by atoms with E-state index in [2.05, 4.69) is 0 Å². The fraction of sp³-hybridized carbons (Fsp3) is 0.692. The predicted octanol–water partition coefficient (Wildman–Crippen LogP) is 1.81. The van der Waals surface area contributed by atoms with E-state index < -0.39 is 12.0 Å². The Hall–Kier alpha value is -1.32. The molecule has 1 heterocycles. The van der Waals surface area contributed by atoms with Crippen LogP contribution in [0.1, 0.15) is 39.0 Å². The second kappa shape index (κ2) is 4.90. The lowest BCUT2D eigenvalue weighted by Gasteiger charge is -2.32. The number of amides is 1. The highest BCUT2D eigenvalue weighted by Gasteiger charge is 2.32. The second-order valence-corrected chi connectivity index (χ2v) is 5.04. The van der Waals surface area contributed by atoms with Crippen molar-refractivity contribution in [3.63, 3.8) is 0 Å². The molecule has 4 nitrogen and oxygen atoms in total. The predicted molar refractivity (Wildman–Crippen MR) is 63.5 cm³/mol. The molecule has 1 saturated carbocycles. The molecule has 1 atom stereocenters. The molecule has 0 aromatic rings. The molecule has 2 rings (SSSR count). The third kappa shape index (κ3) is 2.87. The molecule has 4 heteroatoms. The van der Waals surface area contributed by atoms with Gasteiger partial charge in [0.25, 0.3) is 0 Å². The van der Waals surface area contributed by atoms with Crippen molar-refractivity contribution in [2.45, 2.75) is 45.1 Å². The average Bonchev–Trinajstić information content (AvgIpc) is 3.12. The van der Waals surface area contributed by atoms with E-state index in [-0.39, 0.29) is 5.91 Å².